The zero-order chi connectivity index (χ0) is 23.3. The maximum atomic E-state index is 12.2. The van der Waals surface area contributed by atoms with Crippen molar-refractivity contribution in [1.29, 1.82) is 0 Å². The van der Waals surface area contributed by atoms with Crippen LogP contribution in [0.25, 0.3) is 6.08 Å². The first-order valence-electron chi connectivity index (χ1n) is 10.2. The molecular weight excluding hydrogens is 426 g/mol. The molecule has 1 N–H and O–H groups in total. The van der Waals surface area contributed by atoms with Gasteiger partial charge in [0.2, 0.25) is 0 Å². The molecule has 166 valence electrons. The predicted octanol–water partition coefficient (Wildman–Crippen LogP) is 5.01. The molecule has 3 rings (SSSR count). The third-order valence-electron chi connectivity index (χ3n) is 4.96. The van der Waals surface area contributed by atoms with Gasteiger partial charge in [0.05, 0.1) is 12.2 Å². The van der Waals surface area contributed by atoms with Gasteiger partial charge in [0.25, 0.3) is 5.91 Å². The van der Waals surface area contributed by atoms with Crippen LogP contribution in [0.4, 0.5) is 5.69 Å². The Labute approximate surface area is 192 Å². The average molecular weight is 452 g/mol. The van der Waals surface area contributed by atoms with Crippen LogP contribution in [0.1, 0.15) is 33.5 Å². The fourth-order valence-corrected chi connectivity index (χ4v) is 3.80. The van der Waals surface area contributed by atoms with Gasteiger partial charge in [0.15, 0.2) is 6.61 Å². The maximum absolute atomic E-state index is 12.2. The second kappa shape index (κ2) is 10.3. The minimum absolute atomic E-state index is 0.379. The maximum Gasteiger partial charge on any atom is 0.331 e. The van der Waals surface area contributed by atoms with Crippen molar-refractivity contribution in [3.63, 3.8) is 0 Å². The third kappa shape index (κ3) is 5.86. The largest absolute Gasteiger partial charge is 0.452 e. The highest BCUT2D eigenvalue weighted by atomic mass is 35.5. The molecule has 0 saturated heterocycles. The second-order valence-corrected chi connectivity index (χ2v) is 8.05. The fraction of sp³-hybridized carbons (Fsp3) is 0.240. The highest BCUT2D eigenvalue weighted by molar-refractivity contribution is 6.31. The van der Waals surface area contributed by atoms with Crippen LogP contribution in [0.2, 0.25) is 5.15 Å². The van der Waals surface area contributed by atoms with Crippen LogP contribution in [-0.4, -0.2) is 28.3 Å². The number of amides is 1. The van der Waals surface area contributed by atoms with Gasteiger partial charge in [-0.05, 0) is 50.5 Å². The summed E-state index contributed by atoms with van der Waals surface area (Å²) in [5.41, 5.74) is 6.17. The van der Waals surface area contributed by atoms with E-state index < -0.39 is 11.9 Å². The molecule has 0 spiro atoms. The van der Waals surface area contributed by atoms with E-state index >= 15 is 0 Å². The Morgan fingerprint density at radius 1 is 1.09 bits per heavy atom. The summed E-state index contributed by atoms with van der Waals surface area (Å²) in [7, 11) is 0. The van der Waals surface area contributed by atoms with Crippen LogP contribution < -0.4 is 5.32 Å². The standard InChI is InChI=1S/C25H26ClN3O3/c1-16-12-17(2)24(18(3)13-16)27-22(30)15-32-23(31)11-10-21-19(4)28-29(25(21)26)14-20-8-6-5-7-9-20/h5-13H,14-15H2,1-4H3,(H,27,30)/b11-10+. The summed E-state index contributed by atoms with van der Waals surface area (Å²) in [6.45, 7) is 7.81. The van der Waals surface area contributed by atoms with E-state index in [1.807, 2.05) is 70.2 Å². The number of anilines is 1. The number of ether oxygens (including phenoxy) is 1. The SMILES string of the molecule is Cc1cc(C)c(NC(=O)COC(=O)/C=C/c2c(C)nn(Cc3ccccc3)c2Cl)c(C)c1. The molecule has 0 atom stereocenters. The first-order valence-corrected chi connectivity index (χ1v) is 10.6. The summed E-state index contributed by atoms with van der Waals surface area (Å²) in [6, 6.07) is 13.8. The van der Waals surface area contributed by atoms with Gasteiger partial charge in [-0.2, -0.15) is 5.10 Å². The smallest absolute Gasteiger partial charge is 0.331 e. The lowest BCUT2D eigenvalue weighted by atomic mass is 10.1. The number of carbonyl (C=O) groups excluding carboxylic acids is 2. The number of nitrogens with zero attached hydrogens (tertiary/aromatic N) is 2. The van der Waals surface area contributed by atoms with Crippen molar-refractivity contribution in [3.8, 4) is 0 Å². The zero-order valence-electron chi connectivity index (χ0n) is 18.6. The highest BCUT2D eigenvalue weighted by Crippen LogP contribution is 2.23. The first-order chi connectivity index (χ1) is 15.2. The number of hydrogen-bond donors (Lipinski definition) is 1. The van der Waals surface area contributed by atoms with Gasteiger partial charge in [-0.1, -0.05) is 59.6 Å². The van der Waals surface area contributed by atoms with E-state index in [-0.39, 0.29) is 6.61 Å². The molecule has 6 nitrogen and oxygen atoms in total. The Morgan fingerprint density at radius 3 is 2.41 bits per heavy atom. The molecule has 0 fully saturated rings. The van der Waals surface area contributed by atoms with Crippen LogP contribution >= 0.6 is 11.6 Å². The van der Waals surface area contributed by atoms with Crippen LogP contribution in [0, 0.1) is 27.7 Å². The topological polar surface area (TPSA) is 73.2 Å². The number of aromatic nitrogens is 2. The first kappa shape index (κ1) is 23.3. The summed E-state index contributed by atoms with van der Waals surface area (Å²) >= 11 is 6.45. The molecule has 0 aliphatic heterocycles. The van der Waals surface area contributed by atoms with E-state index in [4.69, 9.17) is 16.3 Å². The Kier molecular flexibility index (Phi) is 7.49. The lowest BCUT2D eigenvalue weighted by Gasteiger charge is -2.12. The molecule has 2 aromatic carbocycles. The van der Waals surface area contributed by atoms with Crippen LogP contribution in [0.15, 0.2) is 48.5 Å². The minimum Gasteiger partial charge on any atom is -0.452 e. The lowest BCUT2D eigenvalue weighted by molar-refractivity contribution is -0.142. The number of rotatable bonds is 7. The Hall–Kier alpha value is -3.38. The molecule has 1 heterocycles. The van der Waals surface area contributed by atoms with Crippen molar-refractivity contribution < 1.29 is 14.3 Å². The summed E-state index contributed by atoms with van der Waals surface area (Å²) in [5.74, 6) is -1.03. The second-order valence-electron chi connectivity index (χ2n) is 7.70. The van der Waals surface area contributed by atoms with E-state index in [1.165, 1.54) is 6.08 Å². The molecular formula is C25H26ClN3O3. The predicted molar refractivity (Wildman–Crippen MR) is 127 cm³/mol. The van der Waals surface area contributed by atoms with Gasteiger partial charge in [-0.3, -0.25) is 4.79 Å². The molecule has 0 saturated carbocycles. The molecule has 0 aliphatic rings. The van der Waals surface area contributed by atoms with Crippen LogP contribution in [0.3, 0.4) is 0 Å². The van der Waals surface area contributed by atoms with Crippen molar-refractivity contribution >= 4 is 35.2 Å². The number of halogens is 1. The fourth-order valence-electron chi connectivity index (χ4n) is 3.51. The highest BCUT2D eigenvalue weighted by Gasteiger charge is 2.13. The van der Waals surface area contributed by atoms with Crippen molar-refractivity contribution in [2.45, 2.75) is 34.2 Å². The quantitative estimate of drug-likeness (QED) is 0.404. The summed E-state index contributed by atoms with van der Waals surface area (Å²) < 4.78 is 6.75. The third-order valence-corrected chi connectivity index (χ3v) is 5.36. The molecule has 32 heavy (non-hydrogen) atoms. The summed E-state index contributed by atoms with van der Waals surface area (Å²) in [5, 5.41) is 7.68. The van der Waals surface area contributed by atoms with Crippen molar-refractivity contribution in [3.05, 3.63) is 87.2 Å². The summed E-state index contributed by atoms with van der Waals surface area (Å²) in [4.78, 5) is 24.3. The minimum atomic E-state index is -0.635. The van der Waals surface area contributed by atoms with E-state index in [2.05, 4.69) is 10.4 Å². The lowest BCUT2D eigenvalue weighted by Crippen LogP contribution is -2.21. The number of hydrogen-bond acceptors (Lipinski definition) is 4. The van der Waals surface area contributed by atoms with E-state index in [1.54, 1.807) is 10.8 Å². The van der Waals surface area contributed by atoms with E-state index in [9.17, 15) is 9.59 Å². The number of aryl methyl sites for hydroxylation is 4. The Balaban J connectivity index is 1.58. The van der Waals surface area contributed by atoms with Crippen molar-refractivity contribution in [2.24, 2.45) is 0 Å². The van der Waals surface area contributed by atoms with Crippen molar-refractivity contribution in [1.82, 2.24) is 9.78 Å². The summed E-state index contributed by atoms with van der Waals surface area (Å²) in [6.07, 6.45) is 2.80. The van der Waals surface area contributed by atoms with E-state index in [0.29, 0.717) is 23.0 Å². The zero-order valence-corrected chi connectivity index (χ0v) is 19.4. The van der Waals surface area contributed by atoms with Gasteiger partial charge in [0, 0.05) is 17.3 Å². The monoisotopic (exact) mass is 451 g/mol. The molecule has 0 aliphatic carbocycles. The van der Waals surface area contributed by atoms with Gasteiger partial charge in [0.1, 0.15) is 5.15 Å². The number of benzene rings is 2. The van der Waals surface area contributed by atoms with Crippen LogP contribution in [0.5, 0.6) is 0 Å². The Morgan fingerprint density at radius 2 is 1.75 bits per heavy atom. The Bertz CT molecular complexity index is 1140. The van der Waals surface area contributed by atoms with Gasteiger partial charge >= 0.3 is 5.97 Å². The number of nitrogens with one attached hydrogen (secondary N) is 1. The van der Waals surface area contributed by atoms with E-state index in [0.717, 1.165) is 27.9 Å². The molecule has 0 radical (unpaired) electrons. The molecule has 7 heteroatoms. The molecule has 3 aromatic rings. The van der Waals surface area contributed by atoms with Gasteiger partial charge in [-0.25, -0.2) is 9.48 Å². The molecule has 0 bridgehead atoms. The molecule has 1 aromatic heterocycles. The average Bonchev–Trinajstić information content (AvgIpc) is 3.00. The molecule has 0 unspecified atom stereocenters. The van der Waals surface area contributed by atoms with Crippen LogP contribution in [-0.2, 0) is 20.9 Å². The van der Waals surface area contributed by atoms with Gasteiger partial charge < -0.3 is 10.1 Å². The number of carbonyl (C=O) groups is 2. The van der Waals surface area contributed by atoms with Gasteiger partial charge in [-0.15, -0.1) is 0 Å². The molecule has 1 amide bonds. The number of esters is 1. The normalized spacial score (nSPS) is 11.0. The van der Waals surface area contributed by atoms with Crippen molar-refractivity contribution in [2.75, 3.05) is 11.9 Å².